The van der Waals surface area contributed by atoms with Gasteiger partial charge in [-0.1, -0.05) is 12.2 Å². The molecule has 0 saturated carbocycles. The summed E-state index contributed by atoms with van der Waals surface area (Å²) in [5, 5.41) is 30.3. The van der Waals surface area contributed by atoms with E-state index in [-0.39, 0.29) is 12.2 Å². The van der Waals surface area contributed by atoms with Crippen LogP contribution < -0.4 is 11.2 Å². The van der Waals surface area contributed by atoms with E-state index >= 15 is 0 Å². The molecule has 0 aromatic carbocycles. The SMILES string of the molecule is Cc1cn([C@@H]2O[C@@H]3C=C[C@H](CO)[C@]3(O)[C@H]2O)c(=O)[nH]c1=O. The highest BCUT2D eigenvalue weighted by Crippen LogP contribution is 2.45. The third-order valence-corrected chi connectivity index (χ3v) is 4.21. The number of hydrogen-bond donors (Lipinski definition) is 4. The molecule has 1 aliphatic carbocycles. The van der Waals surface area contributed by atoms with Crippen molar-refractivity contribution in [2.75, 3.05) is 6.61 Å². The smallest absolute Gasteiger partial charge is 0.330 e. The molecule has 0 spiro atoms. The number of aromatic amines is 1. The lowest BCUT2D eigenvalue weighted by Crippen LogP contribution is -2.51. The average Bonchev–Trinajstić information content (AvgIpc) is 2.88. The lowest BCUT2D eigenvalue weighted by Gasteiger charge is -2.31. The zero-order valence-electron chi connectivity index (χ0n) is 11.3. The molecule has 5 atom stereocenters. The van der Waals surface area contributed by atoms with Gasteiger partial charge in [0.2, 0.25) is 0 Å². The molecule has 8 nitrogen and oxygen atoms in total. The fourth-order valence-corrected chi connectivity index (χ4v) is 2.95. The Hall–Kier alpha value is -1.74. The van der Waals surface area contributed by atoms with Gasteiger partial charge in [-0.2, -0.15) is 0 Å². The summed E-state index contributed by atoms with van der Waals surface area (Å²) >= 11 is 0. The molecule has 2 heterocycles. The molecule has 1 fully saturated rings. The van der Waals surface area contributed by atoms with Crippen molar-refractivity contribution in [3.8, 4) is 0 Å². The highest BCUT2D eigenvalue weighted by atomic mass is 16.6. The first kappa shape index (κ1) is 14.2. The van der Waals surface area contributed by atoms with E-state index in [1.54, 1.807) is 12.2 Å². The van der Waals surface area contributed by atoms with Crippen LogP contribution in [0.25, 0.3) is 0 Å². The van der Waals surface area contributed by atoms with Crippen LogP contribution in [0.1, 0.15) is 11.8 Å². The summed E-state index contributed by atoms with van der Waals surface area (Å²) in [5.41, 5.74) is -2.66. The number of rotatable bonds is 2. The Morgan fingerprint density at radius 2 is 2.14 bits per heavy atom. The fraction of sp³-hybridized carbons (Fsp3) is 0.538. The van der Waals surface area contributed by atoms with Crippen LogP contribution in [-0.2, 0) is 4.74 Å². The van der Waals surface area contributed by atoms with E-state index in [1.165, 1.54) is 13.1 Å². The summed E-state index contributed by atoms with van der Waals surface area (Å²) in [7, 11) is 0. The van der Waals surface area contributed by atoms with E-state index in [0.717, 1.165) is 4.57 Å². The van der Waals surface area contributed by atoms with Crippen LogP contribution in [0, 0.1) is 12.8 Å². The number of hydrogen-bond acceptors (Lipinski definition) is 6. The molecule has 1 aromatic heterocycles. The lowest BCUT2D eigenvalue weighted by atomic mass is 9.85. The van der Waals surface area contributed by atoms with Crippen molar-refractivity contribution in [3.63, 3.8) is 0 Å². The maximum absolute atomic E-state index is 11.9. The molecule has 2 aliphatic rings. The zero-order chi connectivity index (χ0) is 15.4. The number of aliphatic hydroxyl groups excluding tert-OH is 2. The number of H-pyrrole nitrogens is 1. The summed E-state index contributed by atoms with van der Waals surface area (Å²) < 4.78 is 6.58. The van der Waals surface area contributed by atoms with E-state index in [2.05, 4.69) is 4.98 Å². The molecule has 1 aliphatic heterocycles. The number of fused-ring (bicyclic) bond motifs is 1. The normalized spacial score (nSPS) is 37.9. The van der Waals surface area contributed by atoms with Gasteiger partial charge in [-0.05, 0) is 6.92 Å². The first-order valence-electron chi connectivity index (χ1n) is 6.56. The molecule has 0 bridgehead atoms. The van der Waals surface area contributed by atoms with Crippen LogP contribution in [0.3, 0.4) is 0 Å². The van der Waals surface area contributed by atoms with Gasteiger partial charge in [0, 0.05) is 17.7 Å². The minimum Gasteiger partial charge on any atom is -0.396 e. The first-order chi connectivity index (χ1) is 9.89. The van der Waals surface area contributed by atoms with Gasteiger partial charge in [-0.15, -0.1) is 0 Å². The molecular formula is C13H16N2O6. The summed E-state index contributed by atoms with van der Waals surface area (Å²) in [6.45, 7) is 1.16. The van der Waals surface area contributed by atoms with E-state index < -0.39 is 41.2 Å². The minimum atomic E-state index is -1.69. The Morgan fingerprint density at radius 1 is 1.43 bits per heavy atom. The number of aromatic nitrogens is 2. The van der Waals surface area contributed by atoms with Crippen molar-refractivity contribution in [1.82, 2.24) is 9.55 Å². The van der Waals surface area contributed by atoms with Gasteiger partial charge >= 0.3 is 5.69 Å². The van der Waals surface area contributed by atoms with Gasteiger partial charge in [0.25, 0.3) is 5.56 Å². The quantitative estimate of drug-likeness (QED) is 0.468. The van der Waals surface area contributed by atoms with Gasteiger partial charge in [-0.3, -0.25) is 14.3 Å². The summed E-state index contributed by atoms with van der Waals surface area (Å²) in [4.78, 5) is 25.4. The maximum atomic E-state index is 11.9. The number of ether oxygens (including phenoxy) is 1. The predicted molar refractivity (Wildman–Crippen MR) is 70.6 cm³/mol. The predicted octanol–water partition coefficient (Wildman–Crippen LogP) is -1.99. The lowest BCUT2D eigenvalue weighted by molar-refractivity contribution is -0.0981. The van der Waals surface area contributed by atoms with Gasteiger partial charge in [-0.25, -0.2) is 4.79 Å². The Kier molecular flexibility index (Phi) is 3.14. The van der Waals surface area contributed by atoms with Crippen LogP contribution >= 0.6 is 0 Å². The number of nitrogens with zero attached hydrogens (tertiary/aromatic N) is 1. The van der Waals surface area contributed by atoms with Crippen molar-refractivity contribution < 1.29 is 20.1 Å². The number of aryl methyl sites for hydroxylation is 1. The topological polar surface area (TPSA) is 125 Å². The molecule has 0 unspecified atom stereocenters. The Balaban J connectivity index is 2.04. The largest absolute Gasteiger partial charge is 0.396 e. The summed E-state index contributed by atoms with van der Waals surface area (Å²) in [6.07, 6.45) is 1.02. The third-order valence-electron chi connectivity index (χ3n) is 4.21. The molecule has 8 heteroatoms. The number of nitrogens with one attached hydrogen (secondary N) is 1. The first-order valence-corrected chi connectivity index (χ1v) is 6.56. The highest BCUT2D eigenvalue weighted by molar-refractivity contribution is 5.23. The van der Waals surface area contributed by atoms with E-state index in [4.69, 9.17) is 4.74 Å². The van der Waals surface area contributed by atoms with Crippen LogP contribution in [0.5, 0.6) is 0 Å². The molecule has 4 N–H and O–H groups in total. The van der Waals surface area contributed by atoms with Crippen LogP contribution in [0.2, 0.25) is 0 Å². The molecule has 21 heavy (non-hydrogen) atoms. The average molecular weight is 296 g/mol. The maximum Gasteiger partial charge on any atom is 0.330 e. The van der Waals surface area contributed by atoms with Gasteiger partial charge in [0.05, 0.1) is 6.61 Å². The Bertz CT molecular complexity index is 707. The van der Waals surface area contributed by atoms with Crippen molar-refractivity contribution in [2.45, 2.75) is 31.0 Å². The van der Waals surface area contributed by atoms with Crippen LogP contribution in [0.15, 0.2) is 27.9 Å². The summed E-state index contributed by atoms with van der Waals surface area (Å²) in [5.74, 6) is -0.679. The fourth-order valence-electron chi connectivity index (χ4n) is 2.95. The van der Waals surface area contributed by atoms with E-state index in [1.807, 2.05) is 0 Å². The van der Waals surface area contributed by atoms with Gasteiger partial charge in [0.1, 0.15) is 17.8 Å². The Morgan fingerprint density at radius 3 is 2.81 bits per heavy atom. The second-order valence-corrected chi connectivity index (χ2v) is 5.43. The molecule has 0 radical (unpaired) electrons. The second-order valence-electron chi connectivity index (χ2n) is 5.43. The third kappa shape index (κ3) is 1.84. The minimum absolute atomic E-state index is 0.281. The molecule has 114 valence electrons. The van der Waals surface area contributed by atoms with Crippen molar-refractivity contribution in [3.05, 3.63) is 44.8 Å². The van der Waals surface area contributed by atoms with Gasteiger partial charge in [0.15, 0.2) is 6.23 Å². The van der Waals surface area contributed by atoms with Crippen molar-refractivity contribution >= 4 is 0 Å². The highest BCUT2D eigenvalue weighted by Gasteiger charge is 2.60. The Labute approximate surface area is 118 Å². The summed E-state index contributed by atoms with van der Waals surface area (Å²) in [6, 6.07) is 0. The van der Waals surface area contributed by atoms with Gasteiger partial charge < -0.3 is 20.1 Å². The van der Waals surface area contributed by atoms with Crippen LogP contribution in [-0.4, -0.2) is 49.3 Å². The standard InChI is InChI=1S/C13H16N2O6/c1-6-4-15(12(19)14-10(6)18)11-9(17)13(20)7(5-16)2-3-8(13)21-11/h2-4,7-9,11,16-17,20H,5H2,1H3,(H,14,18,19)/t7-,8-,9+,11-,13-/m1/s1. The second kappa shape index (κ2) is 4.63. The monoisotopic (exact) mass is 296 g/mol. The molecular weight excluding hydrogens is 280 g/mol. The van der Waals surface area contributed by atoms with Crippen LogP contribution in [0.4, 0.5) is 0 Å². The van der Waals surface area contributed by atoms with E-state index in [0.29, 0.717) is 0 Å². The zero-order valence-corrected chi connectivity index (χ0v) is 11.3. The molecule has 1 saturated heterocycles. The molecule has 3 rings (SSSR count). The van der Waals surface area contributed by atoms with Crippen molar-refractivity contribution in [2.24, 2.45) is 5.92 Å². The van der Waals surface area contributed by atoms with Crippen molar-refractivity contribution in [1.29, 1.82) is 0 Å². The molecule has 1 aromatic rings. The van der Waals surface area contributed by atoms with E-state index in [9.17, 15) is 24.9 Å². The number of aliphatic hydroxyl groups is 3. The molecule has 0 amide bonds.